The maximum absolute atomic E-state index is 6.16. The number of ether oxygens (including phenoxy) is 1. The van der Waals surface area contributed by atoms with Crippen LogP contribution >= 0.6 is 11.6 Å². The molecule has 1 unspecified atom stereocenters. The lowest BCUT2D eigenvalue weighted by atomic mass is 9.99. The molecule has 0 spiro atoms. The molecular weight excluding hydrogens is 282 g/mol. The van der Waals surface area contributed by atoms with Crippen LogP contribution in [0.4, 0.5) is 5.69 Å². The molecule has 0 saturated heterocycles. The van der Waals surface area contributed by atoms with Crippen molar-refractivity contribution in [3.05, 3.63) is 71.2 Å². The van der Waals surface area contributed by atoms with Crippen LogP contribution in [0.15, 0.2) is 60.7 Å². The second-order valence-electron chi connectivity index (χ2n) is 5.20. The number of hydrogen-bond acceptors (Lipinski definition) is 2. The molecule has 0 aliphatic carbocycles. The maximum atomic E-state index is 6.16. The van der Waals surface area contributed by atoms with Crippen molar-refractivity contribution in [3.8, 4) is 5.75 Å². The number of benzene rings is 3. The second kappa shape index (κ2) is 4.97. The van der Waals surface area contributed by atoms with Crippen LogP contribution in [0.3, 0.4) is 0 Å². The molecule has 0 radical (unpaired) electrons. The first-order valence-electron chi connectivity index (χ1n) is 6.99. The molecule has 1 N–H and O–H groups in total. The zero-order chi connectivity index (χ0) is 14.2. The Morgan fingerprint density at radius 2 is 1.86 bits per heavy atom. The quantitative estimate of drug-likeness (QED) is 0.679. The minimum atomic E-state index is -0.0120. The zero-order valence-electron chi connectivity index (χ0n) is 11.3. The highest BCUT2D eigenvalue weighted by atomic mass is 35.5. The lowest BCUT2D eigenvalue weighted by molar-refractivity contribution is 0.212. The molecule has 0 aromatic heterocycles. The zero-order valence-corrected chi connectivity index (χ0v) is 12.1. The fraction of sp³-hybridized carbons (Fsp3) is 0.111. The van der Waals surface area contributed by atoms with Crippen LogP contribution in [0.1, 0.15) is 11.7 Å². The van der Waals surface area contributed by atoms with E-state index in [0.29, 0.717) is 5.02 Å². The first-order chi connectivity index (χ1) is 10.3. The van der Waals surface area contributed by atoms with Gasteiger partial charge >= 0.3 is 0 Å². The van der Waals surface area contributed by atoms with E-state index in [1.54, 1.807) is 0 Å². The standard InChI is InChI=1S/C18H14ClNO/c19-13-8-9-16-17(10-13)21-18(11-20-16)15-7-3-5-12-4-1-2-6-14(12)15/h1-10,18,20H,11H2. The first-order valence-corrected chi connectivity index (χ1v) is 7.37. The van der Waals surface area contributed by atoms with Gasteiger partial charge in [0.1, 0.15) is 11.9 Å². The van der Waals surface area contributed by atoms with Crippen molar-refractivity contribution >= 4 is 28.1 Å². The van der Waals surface area contributed by atoms with Gasteiger partial charge in [-0.05, 0) is 22.9 Å². The van der Waals surface area contributed by atoms with Gasteiger partial charge in [-0.15, -0.1) is 0 Å². The summed E-state index contributed by atoms with van der Waals surface area (Å²) in [6.07, 6.45) is -0.0120. The molecule has 1 atom stereocenters. The van der Waals surface area contributed by atoms with Gasteiger partial charge in [-0.1, -0.05) is 54.1 Å². The smallest absolute Gasteiger partial charge is 0.144 e. The van der Waals surface area contributed by atoms with Gasteiger partial charge in [-0.2, -0.15) is 0 Å². The van der Waals surface area contributed by atoms with Crippen molar-refractivity contribution in [1.29, 1.82) is 0 Å². The average Bonchev–Trinajstić information content (AvgIpc) is 2.53. The molecule has 3 aromatic carbocycles. The monoisotopic (exact) mass is 295 g/mol. The van der Waals surface area contributed by atoms with Gasteiger partial charge in [0.2, 0.25) is 0 Å². The Morgan fingerprint density at radius 3 is 2.81 bits per heavy atom. The topological polar surface area (TPSA) is 21.3 Å². The molecular formula is C18H14ClNO. The summed E-state index contributed by atoms with van der Waals surface area (Å²) in [5.41, 5.74) is 2.20. The van der Waals surface area contributed by atoms with E-state index in [1.165, 1.54) is 16.3 Å². The van der Waals surface area contributed by atoms with Crippen molar-refractivity contribution in [1.82, 2.24) is 0 Å². The summed E-state index contributed by atoms with van der Waals surface area (Å²) in [4.78, 5) is 0. The predicted molar refractivity (Wildman–Crippen MR) is 87.3 cm³/mol. The molecule has 1 heterocycles. The van der Waals surface area contributed by atoms with Gasteiger partial charge in [-0.25, -0.2) is 0 Å². The van der Waals surface area contributed by atoms with E-state index >= 15 is 0 Å². The second-order valence-corrected chi connectivity index (χ2v) is 5.63. The highest BCUT2D eigenvalue weighted by Gasteiger charge is 2.22. The Balaban J connectivity index is 1.77. The molecule has 1 aliphatic rings. The third kappa shape index (κ3) is 2.22. The van der Waals surface area contributed by atoms with Crippen molar-refractivity contribution in [2.45, 2.75) is 6.10 Å². The molecule has 21 heavy (non-hydrogen) atoms. The van der Waals surface area contributed by atoms with Crippen LogP contribution < -0.4 is 10.1 Å². The lowest BCUT2D eigenvalue weighted by Gasteiger charge is -2.28. The third-order valence-electron chi connectivity index (χ3n) is 3.86. The van der Waals surface area contributed by atoms with Gasteiger partial charge in [0.15, 0.2) is 0 Å². The highest BCUT2D eigenvalue weighted by Crippen LogP contribution is 2.37. The van der Waals surface area contributed by atoms with Crippen LogP contribution in [-0.2, 0) is 0 Å². The Hall–Kier alpha value is -2.19. The van der Waals surface area contributed by atoms with Crippen molar-refractivity contribution in [2.24, 2.45) is 0 Å². The van der Waals surface area contributed by atoms with Gasteiger partial charge in [0, 0.05) is 16.7 Å². The van der Waals surface area contributed by atoms with Crippen LogP contribution in [0.2, 0.25) is 5.02 Å². The summed E-state index contributed by atoms with van der Waals surface area (Å²) in [5.74, 6) is 0.812. The molecule has 0 fully saturated rings. The summed E-state index contributed by atoms with van der Waals surface area (Å²) < 4.78 is 6.16. The molecule has 3 heteroatoms. The van der Waals surface area contributed by atoms with Crippen LogP contribution in [0.5, 0.6) is 5.75 Å². The fourth-order valence-electron chi connectivity index (χ4n) is 2.84. The Morgan fingerprint density at radius 1 is 1.00 bits per heavy atom. The summed E-state index contributed by atoms with van der Waals surface area (Å²) in [6, 6.07) is 20.4. The van der Waals surface area contributed by atoms with Gasteiger partial charge < -0.3 is 10.1 Å². The normalized spacial score (nSPS) is 16.9. The molecule has 3 aromatic rings. The van der Waals surface area contributed by atoms with Crippen LogP contribution in [-0.4, -0.2) is 6.54 Å². The van der Waals surface area contributed by atoms with E-state index in [1.807, 2.05) is 18.2 Å². The number of nitrogens with one attached hydrogen (secondary N) is 1. The number of fused-ring (bicyclic) bond motifs is 2. The summed E-state index contributed by atoms with van der Waals surface area (Å²) in [7, 11) is 0. The van der Waals surface area contributed by atoms with Crippen molar-refractivity contribution in [2.75, 3.05) is 11.9 Å². The van der Waals surface area contributed by atoms with Crippen LogP contribution in [0, 0.1) is 0 Å². The molecule has 2 nitrogen and oxygen atoms in total. The minimum absolute atomic E-state index is 0.0120. The molecule has 0 saturated carbocycles. The molecule has 104 valence electrons. The van der Waals surface area contributed by atoms with Crippen LogP contribution in [0.25, 0.3) is 10.8 Å². The largest absolute Gasteiger partial charge is 0.482 e. The average molecular weight is 296 g/mol. The van der Waals surface area contributed by atoms with Gasteiger partial charge in [0.25, 0.3) is 0 Å². The number of hydrogen-bond donors (Lipinski definition) is 1. The van der Waals surface area contributed by atoms with Gasteiger partial charge in [-0.3, -0.25) is 0 Å². The number of rotatable bonds is 1. The summed E-state index contributed by atoms with van der Waals surface area (Å²) >= 11 is 6.06. The lowest BCUT2D eigenvalue weighted by Crippen LogP contribution is -2.23. The van der Waals surface area contributed by atoms with E-state index in [4.69, 9.17) is 16.3 Å². The van der Waals surface area contributed by atoms with E-state index in [0.717, 1.165) is 18.0 Å². The number of anilines is 1. The molecule has 0 amide bonds. The van der Waals surface area contributed by atoms with E-state index in [9.17, 15) is 0 Å². The molecule has 0 bridgehead atoms. The Labute approximate surface area is 128 Å². The number of halogens is 1. The minimum Gasteiger partial charge on any atom is -0.482 e. The van der Waals surface area contributed by atoms with E-state index in [2.05, 4.69) is 47.8 Å². The first kappa shape index (κ1) is 12.5. The predicted octanol–water partition coefficient (Wildman–Crippen LogP) is 5.04. The SMILES string of the molecule is Clc1ccc2c(c1)OC(c1cccc3ccccc13)CN2. The van der Waals surface area contributed by atoms with E-state index in [-0.39, 0.29) is 6.10 Å². The highest BCUT2D eigenvalue weighted by molar-refractivity contribution is 6.30. The van der Waals surface area contributed by atoms with E-state index < -0.39 is 0 Å². The Kier molecular flexibility index (Phi) is 2.97. The fourth-order valence-corrected chi connectivity index (χ4v) is 3.00. The summed E-state index contributed by atoms with van der Waals surface area (Å²) in [6.45, 7) is 0.753. The summed E-state index contributed by atoms with van der Waals surface area (Å²) in [5, 5.41) is 6.57. The van der Waals surface area contributed by atoms with Crippen molar-refractivity contribution < 1.29 is 4.74 Å². The molecule has 1 aliphatic heterocycles. The maximum Gasteiger partial charge on any atom is 0.144 e. The molecule has 4 rings (SSSR count). The van der Waals surface area contributed by atoms with Crippen molar-refractivity contribution in [3.63, 3.8) is 0 Å². The van der Waals surface area contributed by atoms with Gasteiger partial charge in [0.05, 0.1) is 12.2 Å². The Bertz CT molecular complexity index is 810. The third-order valence-corrected chi connectivity index (χ3v) is 4.10.